The second-order valence-electron chi connectivity index (χ2n) is 3.17. The number of pyridine rings is 2. The molecule has 2 rings (SSSR count). The predicted octanol–water partition coefficient (Wildman–Crippen LogP) is 2.05. The Morgan fingerprint density at radius 1 is 1.40 bits per heavy atom. The molecule has 0 amide bonds. The van der Waals surface area contributed by atoms with E-state index in [1.54, 1.807) is 29.2 Å². The van der Waals surface area contributed by atoms with Gasteiger partial charge in [0, 0.05) is 29.1 Å². The summed E-state index contributed by atoms with van der Waals surface area (Å²) < 4.78 is 2.44. The maximum Gasteiger partial charge on any atom is 0.251 e. The first-order chi connectivity index (χ1) is 7.25. The predicted molar refractivity (Wildman–Crippen MR) is 61.7 cm³/mol. The molecular formula is C11H9BrN2O. The molecule has 0 aliphatic rings. The first-order valence-electron chi connectivity index (χ1n) is 4.50. The molecule has 0 radical (unpaired) electrons. The van der Waals surface area contributed by atoms with Crippen molar-refractivity contribution in [1.29, 1.82) is 0 Å². The number of hydrogen-bond acceptors (Lipinski definition) is 2. The van der Waals surface area contributed by atoms with Crippen LogP contribution in [0.2, 0.25) is 0 Å². The minimum absolute atomic E-state index is 0.0202. The van der Waals surface area contributed by atoms with Crippen molar-refractivity contribution in [1.82, 2.24) is 9.55 Å². The van der Waals surface area contributed by atoms with E-state index in [9.17, 15) is 4.79 Å². The third-order valence-electron chi connectivity index (χ3n) is 2.03. The van der Waals surface area contributed by atoms with Gasteiger partial charge in [0.25, 0.3) is 5.56 Å². The van der Waals surface area contributed by atoms with Crippen LogP contribution in [0.4, 0.5) is 0 Å². The smallest absolute Gasteiger partial charge is 0.251 e. The van der Waals surface area contributed by atoms with E-state index < -0.39 is 0 Å². The van der Waals surface area contributed by atoms with Gasteiger partial charge in [-0.15, -0.1) is 0 Å². The first kappa shape index (κ1) is 10.1. The fourth-order valence-electron chi connectivity index (χ4n) is 1.30. The minimum Gasteiger partial charge on any atom is -0.311 e. The Labute approximate surface area is 95.5 Å². The molecule has 2 aromatic rings. The Morgan fingerprint density at radius 2 is 2.27 bits per heavy atom. The van der Waals surface area contributed by atoms with Gasteiger partial charge in [-0.3, -0.25) is 9.78 Å². The largest absolute Gasteiger partial charge is 0.311 e. The zero-order valence-corrected chi connectivity index (χ0v) is 9.52. The fraction of sp³-hybridized carbons (Fsp3) is 0.0909. The molecule has 0 fully saturated rings. The maximum absolute atomic E-state index is 11.6. The lowest BCUT2D eigenvalue weighted by Gasteiger charge is -2.04. The molecule has 3 nitrogen and oxygen atoms in total. The Morgan fingerprint density at radius 3 is 2.93 bits per heavy atom. The van der Waals surface area contributed by atoms with Crippen molar-refractivity contribution >= 4 is 15.9 Å². The Kier molecular flexibility index (Phi) is 2.97. The zero-order valence-electron chi connectivity index (χ0n) is 7.93. The lowest BCUT2D eigenvalue weighted by molar-refractivity contribution is 0.755. The Balaban J connectivity index is 2.29. The summed E-state index contributed by atoms with van der Waals surface area (Å²) >= 11 is 3.26. The number of aromatic nitrogens is 2. The second kappa shape index (κ2) is 4.40. The molecule has 0 spiro atoms. The molecule has 0 bridgehead atoms. The molecule has 2 aromatic heterocycles. The van der Waals surface area contributed by atoms with E-state index in [1.165, 1.54) is 0 Å². The van der Waals surface area contributed by atoms with Crippen LogP contribution in [0.25, 0.3) is 0 Å². The van der Waals surface area contributed by atoms with Crippen LogP contribution in [-0.2, 0) is 6.54 Å². The van der Waals surface area contributed by atoms with Crippen LogP contribution < -0.4 is 5.56 Å². The van der Waals surface area contributed by atoms with Crippen LogP contribution in [-0.4, -0.2) is 9.55 Å². The van der Waals surface area contributed by atoms with Crippen molar-refractivity contribution in [3.63, 3.8) is 0 Å². The van der Waals surface area contributed by atoms with E-state index >= 15 is 0 Å². The van der Waals surface area contributed by atoms with Crippen LogP contribution in [0.15, 0.2) is 52.1 Å². The summed E-state index contributed by atoms with van der Waals surface area (Å²) in [6.07, 6.45) is 5.24. The highest BCUT2D eigenvalue weighted by atomic mass is 79.9. The van der Waals surface area contributed by atoms with Crippen molar-refractivity contribution < 1.29 is 0 Å². The van der Waals surface area contributed by atoms with Crippen molar-refractivity contribution in [3.8, 4) is 0 Å². The van der Waals surface area contributed by atoms with Crippen LogP contribution in [0.1, 0.15) is 5.56 Å². The molecule has 0 saturated carbocycles. The highest BCUT2D eigenvalue weighted by molar-refractivity contribution is 9.10. The third kappa shape index (κ3) is 2.53. The zero-order chi connectivity index (χ0) is 10.7. The fourth-order valence-corrected chi connectivity index (χ4v) is 1.62. The summed E-state index contributed by atoms with van der Waals surface area (Å²) in [4.78, 5) is 15.6. The van der Waals surface area contributed by atoms with Crippen molar-refractivity contribution in [2.45, 2.75) is 6.54 Å². The molecule has 0 aliphatic heterocycles. The summed E-state index contributed by atoms with van der Waals surface area (Å²) in [5.41, 5.74) is 0.996. The lowest BCUT2D eigenvalue weighted by Crippen LogP contribution is -2.18. The SMILES string of the molecule is O=c1cc(Br)ccn1Cc1cccnc1. The number of halogens is 1. The minimum atomic E-state index is -0.0202. The van der Waals surface area contributed by atoms with Crippen molar-refractivity contribution in [2.24, 2.45) is 0 Å². The quantitative estimate of drug-likeness (QED) is 0.833. The molecule has 0 aromatic carbocycles. The average Bonchev–Trinajstić information content (AvgIpc) is 2.24. The Hall–Kier alpha value is -1.42. The van der Waals surface area contributed by atoms with Gasteiger partial charge in [0.2, 0.25) is 0 Å². The van der Waals surface area contributed by atoms with Crippen molar-refractivity contribution in [2.75, 3.05) is 0 Å². The van der Waals surface area contributed by atoms with Crippen LogP contribution in [0, 0.1) is 0 Å². The first-order valence-corrected chi connectivity index (χ1v) is 5.30. The molecule has 15 heavy (non-hydrogen) atoms. The summed E-state index contributed by atoms with van der Waals surface area (Å²) in [6, 6.07) is 7.20. The van der Waals surface area contributed by atoms with E-state index in [-0.39, 0.29) is 5.56 Å². The van der Waals surface area contributed by atoms with Gasteiger partial charge in [0.15, 0.2) is 0 Å². The average molecular weight is 265 g/mol. The normalized spacial score (nSPS) is 10.2. The highest BCUT2D eigenvalue weighted by Crippen LogP contribution is 2.05. The standard InChI is InChI=1S/C11H9BrN2O/c12-10-3-5-14(11(15)6-10)8-9-2-1-4-13-7-9/h1-7H,8H2. The van der Waals surface area contributed by atoms with Gasteiger partial charge in [-0.05, 0) is 17.7 Å². The monoisotopic (exact) mass is 264 g/mol. The molecule has 0 N–H and O–H groups in total. The molecule has 76 valence electrons. The molecular weight excluding hydrogens is 256 g/mol. The van der Waals surface area contributed by atoms with Gasteiger partial charge in [0.05, 0.1) is 6.54 Å². The molecule has 0 aliphatic carbocycles. The summed E-state index contributed by atoms with van der Waals surface area (Å²) in [7, 11) is 0. The Bertz CT molecular complexity index is 507. The van der Waals surface area contributed by atoms with E-state index in [2.05, 4.69) is 20.9 Å². The summed E-state index contributed by atoms with van der Waals surface area (Å²) in [5.74, 6) is 0. The summed E-state index contributed by atoms with van der Waals surface area (Å²) in [5, 5.41) is 0. The van der Waals surface area contributed by atoms with Gasteiger partial charge < -0.3 is 4.57 Å². The molecule has 0 unspecified atom stereocenters. The third-order valence-corrected chi connectivity index (χ3v) is 2.53. The lowest BCUT2D eigenvalue weighted by atomic mass is 10.3. The van der Waals surface area contributed by atoms with Gasteiger partial charge in [-0.1, -0.05) is 22.0 Å². The van der Waals surface area contributed by atoms with Gasteiger partial charge in [-0.25, -0.2) is 0 Å². The number of nitrogens with zero attached hydrogens (tertiary/aromatic N) is 2. The van der Waals surface area contributed by atoms with E-state index in [0.717, 1.165) is 10.0 Å². The van der Waals surface area contributed by atoms with Crippen LogP contribution >= 0.6 is 15.9 Å². The van der Waals surface area contributed by atoms with E-state index in [1.807, 2.05) is 18.2 Å². The van der Waals surface area contributed by atoms with Crippen LogP contribution in [0.3, 0.4) is 0 Å². The van der Waals surface area contributed by atoms with Gasteiger partial charge in [0.1, 0.15) is 0 Å². The van der Waals surface area contributed by atoms with Gasteiger partial charge in [-0.2, -0.15) is 0 Å². The van der Waals surface area contributed by atoms with Crippen LogP contribution in [0.5, 0.6) is 0 Å². The maximum atomic E-state index is 11.6. The molecule has 0 atom stereocenters. The second-order valence-corrected chi connectivity index (χ2v) is 4.09. The van der Waals surface area contributed by atoms with E-state index in [4.69, 9.17) is 0 Å². The molecule has 0 saturated heterocycles. The highest BCUT2D eigenvalue weighted by Gasteiger charge is 1.97. The van der Waals surface area contributed by atoms with Crippen molar-refractivity contribution in [3.05, 3.63) is 63.2 Å². The molecule has 2 heterocycles. The molecule has 4 heteroatoms. The topological polar surface area (TPSA) is 34.9 Å². The van der Waals surface area contributed by atoms with Gasteiger partial charge >= 0.3 is 0 Å². The summed E-state index contributed by atoms with van der Waals surface area (Å²) in [6.45, 7) is 0.556. The number of hydrogen-bond donors (Lipinski definition) is 0. The number of rotatable bonds is 2. The van der Waals surface area contributed by atoms with E-state index in [0.29, 0.717) is 6.54 Å².